The second-order valence-electron chi connectivity index (χ2n) is 3.43. The summed E-state index contributed by atoms with van der Waals surface area (Å²) in [6.07, 6.45) is 0.828. The molecule has 0 bridgehead atoms. The van der Waals surface area contributed by atoms with Crippen molar-refractivity contribution in [2.45, 2.75) is 11.0 Å². The van der Waals surface area contributed by atoms with E-state index in [-0.39, 0.29) is 47.7 Å². The summed E-state index contributed by atoms with van der Waals surface area (Å²) in [5, 5.41) is 17.0. The Morgan fingerprint density at radius 3 is 2.25 bits per heavy atom. The molecule has 1 aromatic carbocycles. The molecule has 0 heterocycles. The molecule has 2 N–H and O–H groups in total. The van der Waals surface area contributed by atoms with Crippen LogP contribution in [0.1, 0.15) is 0 Å². The van der Waals surface area contributed by atoms with Crippen LogP contribution in [0.15, 0.2) is 47.9 Å². The first-order valence-corrected chi connectivity index (χ1v) is 6.81. The molecule has 108 valence electrons. The molecule has 0 aromatic heterocycles. The molecule has 0 aliphatic carbocycles. The van der Waals surface area contributed by atoms with Crippen molar-refractivity contribution in [2.75, 3.05) is 19.8 Å². The molecule has 0 saturated heterocycles. The Kier molecular flexibility index (Phi) is 13.8. The van der Waals surface area contributed by atoms with Gasteiger partial charge in [-0.3, -0.25) is 0 Å². The van der Waals surface area contributed by atoms with Crippen molar-refractivity contribution in [1.29, 1.82) is 0 Å². The predicted molar refractivity (Wildman–Crippen MR) is 68.5 cm³/mol. The van der Waals surface area contributed by atoms with Crippen molar-refractivity contribution in [1.82, 2.24) is 0 Å². The van der Waals surface area contributed by atoms with Crippen molar-refractivity contribution in [3.8, 4) is 0 Å². The van der Waals surface area contributed by atoms with Gasteiger partial charge in [-0.25, -0.2) is 8.42 Å². The number of aliphatic hydroxyl groups excluding tert-OH is 2. The maximum atomic E-state index is 10.3. The molecule has 0 aliphatic heterocycles. The summed E-state index contributed by atoms with van der Waals surface area (Å²) >= 11 is 0. The summed E-state index contributed by atoms with van der Waals surface area (Å²) in [4.78, 5) is -0.185. The van der Waals surface area contributed by atoms with Crippen LogP contribution in [0.25, 0.3) is 0 Å². The van der Waals surface area contributed by atoms with Crippen molar-refractivity contribution >= 4 is 10.1 Å². The van der Waals surface area contributed by atoms with Gasteiger partial charge in [0, 0.05) is 0 Å². The zero-order chi connectivity index (χ0) is 14.7. The second-order valence-corrected chi connectivity index (χ2v) is 4.81. The van der Waals surface area contributed by atoms with Crippen LogP contribution in [0.4, 0.5) is 0 Å². The van der Waals surface area contributed by atoms with E-state index in [4.69, 9.17) is 14.9 Å². The fourth-order valence-corrected chi connectivity index (χ4v) is 1.42. The van der Waals surface area contributed by atoms with Gasteiger partial charge in [0.1, 0.15) is 16.2 Å². The first-order valence-electron chi connectivity index (χ1n) is 5.40. The smallest absolute Gasteiger partial charge is 0.744 e. The van der Waals surface area contributed by atoms with Gasteiger partial charge in [-0.05, 0) is 12.1 Å². The van der Waals surface area contributed by atoms with Crippen LogP contribution in [-0.2, 0) is 14.9 Å². The first-order chi connectivity index (χ1) is 8.91. The molecule has 0 radical (unpaired) electrons. The summed E-state index contributed by atoms with van der Waals surface area (Å²) in [6.45, 7) is 3.74. The summed E-state index contributed by atoms with van der Waals surface area (Å²) in [6, 6.07) is 7.19. The van der Waals surface area contributed by atoms with Crippen molar-refractivity contribution in [2.24, 2.45) is 0 Å². The fourth-order valence-electron chi connectivity index (χ4n) is 0.927. The van der Waals surface area contributed by atoms with Crippen LogP contribution in [0.3, 0.4) is 0 Å². The third-order valence-electron chi connectivity index (χ3n) is 1.79. The van der Waals surface area contributed by atoms with Gasteiger partial charge in [0.15, 0.2) is 0 Å². The van der Waals surface area contributed by atoms with Gasteiger partial charge in [-0.1, -0.05) is 24.3 Å². The molecule has 0 spiro atoms. The molecule has 8 heteroatoms. The monoisotopic (exact) mass is 312 g/mol. The molecule has 0 saturated carbocycles. The molecule has 1 atom stereocenters. The van der Waals surface area contributed by atoms with Crippen LogP contribution in [0.2, 0.25) is 0 Å². The van der Waals surface area contributed by atoms with Crippen molar-refractivity contribution in [3.05, 3.63) is 43.0 Å². The minimum atomic E-state index is -4.25. The fraction of sp³-hybridized carbons (Fsp3) is 0.333. The van der Waals surface area contributed by atoms with E-state index < -0.39 is 16.2 Å². The number of aliphatic hydroxyl groups is 2. The van der Waals surface area contributed by atoms with E-state index in [1.165, 1.54) is 24.3 Å². The van der Waals surface area contributed by atoms with E-state index in [9.17, 15) is 13.0 Å². The molecule has 1 rings (SSSR count). The zero-order valence-electron chi connectivity index (χ0n) is 11.3. The minimum Gasteiger partial charge on any atom is -0.744 e. The van der Waals surface area contributed by atoms with E-state index in [1.807, 2.05) is 0 Å². The summed E-state index contributed by atoms with van der Waals surface area (Å²) < 4.78 is 35.6. The molecular weight excluding hydrogens is 295 g/mol. The zero-order valence-corrected chi connectivity index (χ0v) is 14.1. The summed E-state index contributed by atoms with van der Waals surface area (Å²) in [5.41, 5.74) is 0. The quantitative estimate of drug-likeness (QED) is 0.253. The number of hydrogen-bond acceptors (Lipinski definition) is 6. The predicted octanol–water partition coefficient (Wildman–Crippen LogP) is -2.86. The topological polar surface area (TPSA) is 107 Å². The van der Waals surface area contributed by atoms with Gasteiger partial charge in [-0.2, -0.15) is 0 Å². The Labute approximate surface area is 141 Å². The molecule has 0 fully saturated rings. The number of rotatable bonds is 6. The number of ether oxygens (including phenoxy) is 1. The Morgan fingerprint density at radius 2 is 1.90 bits per heavy atom. The van der Waals surface area contributed by atoms with Crippen molar-refractivity contribution < 1.29 is 57.5 Å². The van der Waals surface area contributed by atoms with Crippen LogP contribution >= 0.6 is 0 Å². The van der Waals surface area contributed by atoms with Crippen LogP contribution in [0, 0.1) is 0 Å². The normalized spacial score (nSPS) is 11.6. The van der Waals surface area contributed by atoms with E-state index in [1.54, 1.807) is 12.1 Å². The SMILES string of the molecule is C=CCOCC(O)CO.O=S(=O)([O-])c1ccccc1.[Na+]. The average molecular weight is 312 g/mol. The maximum absolute atomic E-state index is 10.3. The van der Waals surface area contributed by atoms with Gasteiger partial charge >= 0.3 is 29.6 Å². The van der Waals surface area contributed by atoms with Crippen molar-refractivity contribution in [3.63, 3.8) is 0 Å². The Morgan fingerprint density at radius 1 is 1.35 bits per heavy atom. The van der Waals surface area contributed by atoms with Gasteiger partial charge in [0.25, 0.3) is 0 Å². The molecule has 6 nitrogen and oxygen atoms in total. The Bertz CT molecular complexity index is 448. The molecule has 0 amide bonds. The third kappa shape index (κ3) is 11.6. The summed E-state index contributed by atoms with van der Waals surface area (Å²) in [5.74, 6) is 0. The molecule has 20 heavy (non-hydrogen) atoms. The van der Waals surface area contributed by atoms with Gasteiger partial charge in [-0.15, -0.1) is 6.58 Å². The van der Waals surface area contributed by atoms with E-state index >= 15 is 0 Å². The molecule has 1 unspecified atom stereocenters. The standard InChI is InChI=1S/C6H6O3S.C6H12O3.Na/c7-10(8,9)6-4-2-1-3-5-6;1-2-3-9-5-6(8)4-7;/h1-5H,(H,7,8,9);2,6-8H,1,3-5H2;/q;;+1/p-1. The van der Waals surface area contributed by atoms with Crippen LogP contribution in [0.5, 0.6) is 0 Å². The van der Waals surface area contributed by atoms with E-state index in [0.717, 1.165) is 0 Å². The number of hydrogen-bond donors (Lipinski definition) is 2. The average Bonchev–Trinajstić information content (AvgIpc) is 2.39. The molecule has 1 aromatic rings. The molecule has 0 aliphatic rings. The maximum Gasteiger partial charge on any atom is 1.00 e. The third-order valence-corrected chi connectivity index (χ3v) is 2.64. The second kappa shape index (κ2) is 12.5. The van der Waals surface area contributed by atoms with Gasteiger partial charge in [0.05, 0.1) is 24.7 Å². The van der Waals surface area contributed by atoms with Crippen LogP contribution < -0.4 is 29.6 Å². The Balaban J connectivity index is 0. The van der Waals surface area contributed by atoms with E-state index in [0.29, 0.717) is 6.61 Å². The van der Waals surface area contributed by atoms with Gasteiger partial charge in [0.2, 0.25) is 0 Å². The minimum absolute atomic E-state index is 0. The van der Waals surface area contributed by atoms with Gasteiger partial charge < -0.3 is 19.5 Å². The number of benzene rings is 1. The first kappa shape index (κ1) is 22.0. The largest absolute Gasteiger partial charge is 1.00 e. The van der Waals surface area contributed by atoms with Crippen LogP contribution in [-0.4, -0.2) is 49.1 Å². The Hall–Kier alpha value is -0.250. The summed E-state index contributed by atoms with van der Waals surface area (Å²) in [7, 11) is -4.25. The van der Waals surface area contributed by atoms with E-state index in [2.05, 4.69) is 6.58 Å². The molecular formula is C12H17NaO6S.